The molecule has 2 aromatic rings. The third kappa shape index (κ3) is 6.11. The molecular weight excluding hydrogens is 488 g/mol. The van der Waals surface area contributed by atoms with Gasteiger partial charge in [-0.1, -0.05) is 30.3 Å². The summed E-state index contributed by atoms with van der Waals surface area (Å²) >= 11 is 0. The normalized spacial score (nSPS) is 15.4. The van der Waals surface area contributed by atoms with Crippen LogP contribution >= 0.6 is 0 Å². The molecule has 12 heteroatoms. The van der Waals surface area contributed by atoms with Crippen LogP contribution in [0.25, 0.3) is 0 Å². The highest BCUT2D eigenvalue weighted by atomic mass is 32.2. The van der Waals surface area contributed by atoms with Gasteiger partial charge in [0.05, 0.1) is 18.9 Å². The first kappa shape index (κ1) is 27.3. The summed E-state index contributed by atoms with van der Waals surface area (Å²) in [6.45, 7) is 5.12. The summed E-state index contributed by atoms with van der Waals surface area (Å²) in [5.41, 5.74) is 1.61. The number of anilines is 1. The predicted molar refractivity (Wildman–Crippen MR) is 132 cm³/mol. The van der Waals surface area contributed by atoms with Crippen LogP contribution in [0.15, 0.2) is 30.3 Å². The van der Waals surface area contributed by atoms with Crippen LogP contribution in [-0.2, 0) is 41.8 Å². The Balaban J connectivity index is 1.72. The number of aryl methyl sites for hydroxylation is 2. The first-order chi connectivity index (χ1) is 16.9. The van der Waals surface area contributed by atoms with Crippen molar-refractivity contribution in [1.82, 2.24) is 14.9 Å². The fourth-order valence-corrected chi connectivity index (χ4v) is 5.71. The minimum atomic E-state index is -4.49. The van der Waals surface area contributed by atoms with E-state index in [4.69, 9.17) is 4.74 Å². The van der Waals surface area contributed by atoms with E-state index in [-0.39, 0.29) is 50.3 Å². The number of carboxylic acids is 1. The van der Waals surface area contributed by atoms with Crippen LogP contribution in [0.2, 0.25) is 0 Å². The minimum absolute atomic E-state index is 0.103. The zero-order valence-corrected chi connectivity index (χ0v) is 21.4. The molecule has 1 unspecified atom stereocenters. The summed E-state index contributed by atoms with van der Waals surface area (Å²) < 4.78 is 30.1. The second kappa shape index (κ2) is 11.2. The molecule has 1 aromatic carbocycles. The van der Waals surface area contributed by atoms with Crippen molar-refractivity contribution in [3.63, 3.8) is 0 Å². The average Bonchev–Trinajstić information content (AvgIpc) is 3.19. The Labute approximate surface area is 210 Å². The fraction of sp³-hybridized carbons (Fsp3) is 0.500. The van der Waals surface area contributed by atoms with Gasteiger partial charge in [-0.15, -0.1) is 0 Å². The first-order valence-electron chi connectivity index (χ1n) is 11.7. The number of H-pyrrole nitrogens is 1. The number of amides is 2. The number of ether oxygens (including phenoxy) is 1. The van der Waals surface area contributed by atoms with Crippen LogP contribution in [0.3, 0.4) is 0 Å². The standard InChI is InChI=1S/C24H32N4O7S/c1-16-18(26-23(25-16)27-20(29)10-9-17-7-5-4-6-8-17)15-19(21(30)31)36(33,34)24(2,3)22(32)28-11-13-35-14-12-28/h4-8,19H,9-15H2,1-3H3,(H,30,31)(H2,25,26,27,29). The molecule has 2 amide bonds. The van der Waals surface area contributed by atoms with Gasteiger partial charge in [-0.25, -0.2) is 13.4 Å². The van der Waals surface area contributed by atoms with E-state index in [1.54, 1.807) is 6.92 Å². The minimum Gasteiger partial charge on any atom is -0.480 e. The number of aliphatic carboxylic acids is 1. The number of morpholine rings is 1. The van der Waals surface area contributed by atoms with Crippen molar-refractivity contribution in [2.75, 3.05) is 31.6 Å². The third-order valence-corrected chi connectivity index (χ3v) is 8.99. The Bertz CT molecular complexity index is 1200. The number of benzene rings is 1. The van der Waals surface area contributed by atoms with Crippen molar-refractivity contribution in [2.45, 2.75) is 50.0 Å². The zero-order chi connectivity index (χ0) is 26.5. The molecule has 0 saturated carbocycles. The number of carboxylic acid groups (broad SMARTS) is 1. The van der Waals surface area contributed by atoms with Crippen LogP contribution < -0.4 is 5.32 Å². The fourth-order valence-electron chi connectivity index (χ4n) is 3.98. The molecule has 0 bridgehead atoms. The molecule has 3 rings (SSSR count). The lowest BCUT2D eigenvalue weighted by atomic mass is 10.1. The van der Waals surface area contributed by atoms with Gasteiger partial charge in [-0.05, 0) is 32.8 Å². The molecule has 0 aliphatic carbocycles. The number of carbonyl (C=O) groups excluding carboxylic acids is 2. The van der Waals surface area contributed by atoms with Gasteiger partial charge in [0, 0.05) is 31.6 Å². The molecule has 1 aliphatic rings. The molecule has 1 atom stereocenters. The van der Waals surface area contributed by atoms with E-state index in [1.165, 1.54) is 18.7 Å². The SMILES string of the molecule is Cc1[nH]c(NC(=O)CCc2ccccc2)nc1CC(C(=O)O)S(=O)(=O)C(C)(C)C(=O)N1CCOCC1. The number of rotatable bonds is 10. The van der Waals surface area contributed by atoms with E-state index in [1.807, 2.05) is 30.3 Å². The number of hydrogen-bond donors (Lipinski definition) is 3. The van der Waals surface area contributed by atoms with Crippen molar-refractivity contribution in [2.24, 2.45) is 0 Å². The second-order valence-electron chi connectivity index (χ2n) is 9.18. The molecule has 0 radical (unpaired) electrons. The number of aromatic nitrogens is 2. The van der Waals surface area contributed by atoms with Crippen LogP contribution in [0.1, 0.15) is 37.2 Å². The van der Waals surface area contributed by atoms with Gasteiger partial charge in [0.2, 0.25) is 17.8 Å². The van der Waals surface area contributed by atoms with E-state index >= 15 is 0 Å². The molecule has 196 valence electrons. The Morgan fingerprint density at radius 1 is 1.19 bits per heavy atom. The van der Waals surface area contributed by atoms with E-state index < -0.39 is 38.1 Å². The van der Waals surface area contributed by atoms with E-state index in [2.05, 4.69) is 15.3 Å². The molecule has 1 aliphatic heterocycles. The van der Waals surface area contributed by atoms with Gasteiger partial charge in [-0.2, -0.15) is 0 Å². The predicted octanol–water partition coefficient (Wildman–Crippen LogP) is 1.34. The smallest absolute Gasteiger partial charge is 0.322 e. The molecule has 1 saturated heterocycles. The lowest BCUT2D eigenvalue weighted by Crippen LogP contribution is -2.56. The van der Waals surface area contributed by atoms with Gasteiger partial charge in [-0.3, -0.25) is 19.7 Å². The largest absolute Gasteiger partial charge is 0.480 e. The van der Waals surface area contributed by atoms with E-state index in [0.29, 0.717) is 12.1 Å². The number of nitrogens with one attached hydrogen (secondary N) is 2. The van der Waals surface area contributed by atoms with Gasteiger partial charge < -0.3 is 19.7 Å². The quantitative estimate of drug-likeness (QED) is 0.423. The van der Waals surface area contributed by atoms with Gasteiger partial charge in [0.25, 0.3) is 0 Å². The van der Waals surface area contributed by atoms with Crippen LogP contribution in [0, 0.1) is 6.92 Å². The maximum absolute atomic E-state index is 13.4. The number of hydrogen-bond acceptors (Lipinski definition) is 7. The summed E-state index contributed by atoms with van der Waals surface area (Å²) in [7, 11) is -4.49. The Kier molecular flexibility index (Phi) is 8.51. The zero-order valence-electron chi connectivity index (χ0n) is 20.6. The monoisotopic (exact) mass is 520 g/mol. The lowest BCUT2D eigenvalue weighted by molar-refractivity contribution is -0.137. The molecule has 1 fully saturated rings. The summed E-state index contributed by atoms with van der Waals surface area (Å²) in [5, 5.41) is 10.5. The van der Waals surface area contributed by atoms with Gasteiger partial charge in [0.15, 0.2) is 15.1 Å². The Morgan fingerprint density at radius 2 is 1.83 bits per heavy atom. The maximum Gasteiger partial charge on any atom is 0.322 e. The van der Waals surface area contributed by atoms with E-state index in [0.717, 1.165) is 5.56 Å². The van der Waals surface area contributed by atoms with Gasteiger partial charge >= 0.3 is 5.97 Å². The summed E-state index contributed by atoms with van der Waals surface area (Å²) in [5.74, 6) is -2.43. The summed E-state index contributed by atoms with van der Waals surface area (Å²) in [6.07, 6.45) is 0.285. The average molecular weight is 521 g/mol. The maximum atomic E-state index is 13.4. The van der Waals surface area contributed by atoms with Gasteiger partial charge in [0.1, 0.15) is 4.75 Å². The molecule has 2 heterocycles. The number of imidazole rings is 1. The van der Waals surface area contributed by atoms with Crippen molar-refractivity contribution in [3.8, 4) is 0 Å². The number of sulfone groups is 1. The van der Waals surface area contributed by atoms with Crippen molar-refractivity contribution in [3.05, 3.63) is 47.3 Å². The third-order valence-electron chi connectivity index (χ3n) is 6.28. The highest BCUT2D eigenvalue weighted by molar-refractivity contribution is 7.94. The van der Waals surface area contributed by atoms with Crippen molar-refractivity contribution >= 4 is 33.6 Å². The van der Waals surface area contributed by atoms with Crippen LogP contribution in [0.5, 0.6) is 0 Å². The highest BCUT2D eigenvalue weighted by Gasteiger charge is 2.51. The molecule has 1 aromatic heterocycles. The molecule has 3 N–H and O–H groups in total. The van der Waals surface area contributed by atoms with E-state index in [9.17, 15) is 27.9 Å². The summed E-state index contributed by atoms with van der Waals surface area (Å²) in [6, 6.07) is 9.50. The second-order valence-corrected chi connectivity index (χ2v) is 11.9. The number of carbonyl (C=O) groups is 3. The molecule has 0 spiro atoms. The first-order valence-corrected chi connectivity index (χ1v) is 13.2. The number of aromatic amines is 1. The molecule has 36 heavy (non-hydrogen) atoms. The van der Waals surface area contributed by atoms with Crippen molar-refractivity contribution < 1.29 is 32.6 Å². The summed E-state index contributed by atoms with van der Waals surface area (Å²) in [4.78, 5) is 45.9. The van der Waals surface area contributed by atoms with Crippen LogP contribution in [0.4, 0.5) is 5.95 Å². The Morgan fingerprint density at radius 3 is 2.44 bits per heavy atom. The molecular formula is C24H32N4O7S. The topological polar surface area (TPSA) is 159 Å². The Hall–Kier alpha value is -3.25. The lowest BCUT2D eigenvalue weighted by Gasteiger charge is -2.35. The number of nitrogens with zero attached hydrogens (tertiary/aromatic N) is 2. The molecule has 11 nitrogen and oxygen atoms in total. The highest BCUT2D eigenvalue weighted by Crippen LogP contribution is 2.28. The van der Waals surface area contributed by atoms with Crippen molar-refractivity contribution in [1.29, 1.82) is 0 Å². The van der Waals surface area contributed by atoms with Crippen LogP contribution in [-0.4, -0.2) is 82.5 Å².